The molecule has 3 aromatic rings. The molecule has 1 N–H and O–H groups in total. The lowest BCUT2D eigenvalue weighted by Crippen LogP contribution is -2.41. The second kappa shape index (κ2) is 10.4. The molecule has 2 fully saturated rings. The fraction of sp³-hybridized carbons (Fsp3) is 0.500. The van der Waals surface area contributed by atoms with Gasteiger partial charge in [0.05, 0.1) is 11.6 Å². The number of nitriles is 1. The van der Waals surface area contributed by atoms with Crippen LogP contribution in [0, 0.1) is 29.1 Å². The first kappa shape index (κ1) is 25.7. The van der Waals surface area contributed by atoms with Crippen LogP contribution in [0.5, 0.6) is 0 Å². The number of rotatable bonds is 9. The molecular formula is C30H37N3O3Si. The Morgan fingerprint density at radius 1 is 1.14 bits per heavy atom. The van der Waals surface area contributed by atoms with Gasteiger partial charge in [0.25, 0.3) is 5.56 Å². The maximum atomic E-state index is 13.5. The Labute approximate surface area is 219 Å². The molecule has 194 valence electrons. The van der Waals surface area contributed by atoms with Gasteiger partial charge in [0.2, 0.25) is 5.91 Å². The lowest BCUT2D eigenvalue weighted by Gasteiger charge is -2.22. The topological polar surface area (TPSA) is 84.1 Å². The molecule has 1 heterocycles. The van der Waals surface area contributed by atoms with E-state index in [1.807, 2.05) is 42.5 Å². The molecule has 2 aromatic carbocycles. The Kier molecular flexibility index (Phi) is 7.24. The van der Waals surface area contributed by atoms with Crippen molar-refractivity contribution in [2.24, 2.45) is 17.8 Å². The highest BCUT2D eigenvalue weighted by Crippen LogP contribution is 2.48. The molecule has 2 aliphatic rings. The van der Waals surface area contributed by atoms with E-state index in [-0.39, 0.29) is 24.1 Å². The SMILES string of the molecule is C[Si](C)(C)CCOCn1c(=O)c2ccccc2c2ccc(CC(C#N)NC(=O)[C@H]3C[C@@H]4CC[C@H]3C4)cc21. The van der Waals surface area contributed by atoms with E-state index >= 15 is 0 Å². The van der Waals surface area contributed by atoms with Crippen LogP contribution in [0.15, 0.2) is 47.3 Å². The summed E-state index contributed by atoms with van der Waals surface area (Å²) in [6.07, 6.45) is 4.89. The fourth-order valence-corrected chi connectivity index (χ4v) is 6.94. The molecule has 6 nitrogen and oxygen atoms in total. The quantitative estimate of drug-likeness (QED) is 0.233. The maximum absolute atomic E-state index is 13.5. The summed E-state index contributed by atoms with van der Waals surface area (Å²) in [7, 11) is -1.24. The van der Waals surface area contributed by atoms with Crippen molar-refractivity contribution in [2.45, 2.75) is 70.6 Å². The smallest absolute Gasteiger partial charge is 0.260 e. The number of nitrogens with zero attached hydrogens (tertiary/aromatic N) is 2. The Hall–Kier alpha value is -2.95. The van der Waals surface area contributed by atoms with Crippen LogP contribution < -0.4 is 10.9 Å². The predicted octanol–water partition coefficient (Wildman–Crippen LogP) is 5.45. The van der Waals surface area contributed by atoms with Crippen LogP contribution in [-0.4, -0.2) is 31.2 Å². The zero-order chi connectivity index (χ0) is 26.2. The monoisotopic (exact) mass is 515 g/mol. The van der Waals surface area contributed by atoms with Gasteiger partial charge in [-0.1, -0.05) is 56.4 Å². The van der Waals surface area contributed by atoms with Gasteiger partial charge in [0.1, 0.15) is 12.8 Å². The molecule has 5 rings (SSSR count). The number of fused-ring (bicyclic) bond motifs is 5. The highest BCUT2D eigenvalue weighted by Gasteiger charge is 2.43. The van der Waals surface area contributed by atoms with E-state index in [4.69, 9.17) is 4.74 Å². The molecule has 37 heavy (non-hydrogen) atoms. The molecule has 0 spiro atoms. The van der Waals surface area contributed by atoms with E-state index in [1.54, 1.807) is 4.57 Å². The van der Waals surface area contributed by atoms with Crippen LogP contribution in [0.1, 0.15) is 31.2 Å². The second-order valence-corrected chi connectivity index (χ2v) is 17.8. The Morgan fingerprint density at radius 3 is 2.59 bits per heavy atom. The number of pyridine rings is 1. The second-order valence-electron chi connectivity index (χ2n) is 12.2. The largest absolute Gasteiger partial charge is 0.361 e. The van der Waals surface area contributed by atoms with E-state index in [9.17, 15) is 14.9 Å². The van der Waals surface area contributed by atoms with Crippen molar-refractivity contribution >= 4 is 35.7 Å². The van der Waals surface area contributed by atoms with E-state index in [0.717, 1.165) is 47.2 Å². The standard InChI is InChI=1S/C30H37N3O3Si/c1-37(2,3)13-12-36-19-33-28-17-21(9-11-25(28)24-6-4-5-7-26(24)30(33)35)15-23(18-31)32-29(34)27-16-20-8-10-22(27)14-20/h4-7,9,11,17,20,22-23,27H,8,10,12-16,19H2,1-3H3,(H,32,34)/t20-,22+,23?,27+/m1/s1. The van der Waals surface area contributed by atoms with E-state index in [0.29, 0.717) is 30.2 Å². The van der Waals surface area contributed by atoms with Gasteiger partial charge in [-0.25, -0.2) is 0 Å². The van der Waals surface area contributed by atoms with E-state index < -0.39 is 14.1 Å². The van der Waals surface area contributed by atoms with Crippen LogP contribution in [0.25, 0.3) is 21.7 Å². The number of hydrogen-bond donors (Lipinski definition) is 1. The van der Waals surface area contributed by atoms with Crippen molar-refractivity contribution in [1.29, 1.82) is 5.26 Å². The molecular weight excluding hydrogens is 478 g/mol. The molecule has 7 heteroatoms. The van der Waals surface area contributed by atoms with Crippen molar-refractivity contribution in [1.82, 2.24) is 9.88 Å². The van der Waals surface area contributed by atoms with Crippen LogP contribution in [0.4, 0.5) is 0 Å². The van der Waals surface area contributed by atoms with Crippen LogP contribution >= 0.6 is 0 Å². The predicted molar refractivity (Wildman–Crippen MR) is 150 cm³/mol. The van der Waals surface area contributed by atoms with Crippen molar-refractivity contribution in [3.8, 4) is 6.07 Å². The number of benzene rings is 2. The van der Waals surface area contributed by atoms with E-state index in [2.05, 4.69) is 31.0 Å². The Morgan fingerprint density at radius 2 is 1.92 bits per heavy atom. The highest BCUT2D eigenvalue weighted by molar-refractivity contribution is 6.76. The zero-order valence-electron chi connectivity index (χ0n) is 22.1. The lowest BCUT2D eigenvalue weighted by atomic mass is 9.88. The maximum Gasteiger partial charge on any atom is 0.260 e. The lowest BCUT2D eigenvalue weighted by molar-refractivity contribution is -0.126. The summed E-state index contributed by atoms with van der Waals surface area (Å²) in [5.74, 6) is 1.24. The summed E-state index contributed by atoms with van der Waals surface area (Å²) in [6.45, 7) is 7.74. The van der Waals surface area contributed by atoms with Crippen molar-refractivity contribution < 1.29 is 9.53 Å². The number of ether oxygens (including phenoxy) is 1. The van der Waals surface area contributed by atoms with Gasteiger partial charge in [-0.2, -0.15) is 5.26 Å². The van der Waals surface area contributed by atoms with Crippen molar-refractivity contribution in [3.63, 3.8) is 0 Å². The first-order valence-electron chi connectivity index (χ1n) is 13.6. The fourth-order valence-electron chi connectivity index (χ4n) is 6.19. The summed E-state index contributed by atoms with van der Waals surface area (Å²) < 4.78 is 7.71. The minimum absolute atomic E-state index is 0.0261. The molecule has 2 bridgehead atoms. The van der Waals surface area contributed by atoms with Gasteiger partial charge in [0, 0.05) is 37.8 Å². The van der Waals surface area contributed by atoms with Gasteiger partial charge < -0.3 is 10.1 Å². The number of carbonyl (C=O) groups excluding carboxylic acids is 1. The number of nitrogens with one attached hydrogen (secondary N) is 1. The average molecular weight is 516 g/mol. The third kappa shape index (κ3) is 5.51. The molecule has 0 radical (unpaired) electrons. The molecule has 1 aromatic heterocycles. The van der Waals surface area contributed by atoms with Crippen LogP contribution in [-0.2, 0) is 22.7 Å². The number of amides is 1. The number of aromatic nitrogens is 1. The third-order valence-corrected chi connectivity index (χ3v) is 9.95. The Balaban J connectivity index is 1.40. The molecule has 1 amide bonds. The van der Waals surface area contributed by atoms with Gasteiger partial charge in [-0.05, 0) is 60.2 Å². The highest BCUT2D eigenvalue weighted by atomic mass is 28.3. The van der Waals surface area contributed by atoms with Gasteiger partial charge in [0.15, 0.2) is 0 Å². The summed E-state index contributed by atoms with van der Waals surface area (Å²) in [5, 5.41) is 15.4. The summed E-state index contributed by atoms with van der Waals surface area (Å²) in [5.41, 5.74) is 1.64. The molecule has 1 unspecified atom stereocenters. The number of hydrogen-bond acceptors (Lipinski definition) is 4. The van der Waals surface area contributed by atoms with Gasteiger partial charge >= 0.3 is 0 Å². The molecule has 0 aliphatic heterocycles. The summed E-state index contributed by atoms with van der Waals surface area (Å²) >= 11 is 0. The molecule has 2 saturated carbocycles. The minimum atomic E-state index is -1.24. The first-order valence-corrected chi connectivity index (χ1v) is 17.3. The first-order chi connectivity index (χ1) is 17.7. The zero-order valence-corrected chi connectivity index (χ0v) is 23.1. The normalized spacial score (nSPS) is 21.8. The van der Waals surface area contributed by atoms with Crippen molar-refractivity contribution in [3.05, 3.63) is 58.4 Å². The Bertz CT molecular complexity index is 1420. The average Bonchev–Trinajstić information content (AvgIpc) is 3.51. The minimum Gasteiger partial charge on any atom is -0.361 e. The van der Waals surface area contributed by atoms with Crippen molar-refractivity contribution in [2.75, 3.05) is 6.61 Å². The number of carbonyl (C=O) groups is 1. The van der Waals surface area contributed by atoms with E-state index in [1.165, 1.54) is 6.42 Å². The molecule has 0 saturated heterocycles. The van der Waals surface area contributed by atoms with Crippen LogP contribution in [0.2, 0.25) is 25.7 Å². The third-order valence-electron chi connectivity index (χ3n) is 8.25. The molecule has 2 aliphatic carbocycles. The summed E-state index contributed by atoms with van der Waals surface area (Å²) in [4.78, 5) is 26.4. The summed E-state index contributed by atoms with van der Waals surface area (Å²) in [6, 6.07) is 16.4. The van der Waals surface area contributed by atoms with Gasteiger partial charge in [-0.15, -0.1) is 0 Å². The van der Waals surface area contributed by atoms with Gasteiger partial charge in [-0.3, -0.25) is 14.2 Å². The molecule has 4 atom stereocenters. The van der Waals surface area contributed by atoms with Crippen LogP contribution in [0.3, 0.4) is 0 Å².